The van der Waals surface area contributed by atoms with Gasteiger partial charge in [0.1, 0.15) is 0 Å². The normalized spacial score (nSPS) is 14.7. The van der Waals surface area contributed by atoms with E-state index < -0.39 is 5.91 Å². The molecule has 1 atom stereocenters. The van der Waals surface area contributed by atoms with Crippen molar-refractivity contribution in [1.82, 2.24) is 9.97 Å². The molecule has 1 aliphatic heterocycles. The van der Waals surface area contributed by atoms with Crippen molar-refractivity contribution in [3.63, 3.8) is 0 Å². The van der Waals surface area contributed by atoms with E-state index in [1.165, 1.54) is 0 Å². The van der Waals surface area contributed by atoms with Crippen molar-refractivity contribution < 1.29 is 4.79 Å². The molecule has 0 aliphatic carbocycles. The van der Waals surface area contributed by atoms with Gasteiger partial charge in [-0.15, -0.1) is 0 Å². The Hall–Kier alpha value is -3.41. The molecule has 0 fully saturated rings. The Bertz CT molecular complexity index is 1120. The largest absolute Gasteiger partial charge is 0.366 e. The van der Waals surface area contributed by atoms with Gasteiger partial charge in [-0.25, -0.2) is 0 Å². The van der Waals surface area contributed by atoms with E-state index >= 15 is 0 Å². The molecule has 6 heteroatoms. The Labute approximate surface area is 163 Å². The Kier molecular flexibility index (Phi) is 4.69. The summed E-state index contributed by atoms with van der Waals surface area (Å²) in [5.74, 6) is -0.813. The van der Waals surface area contributed by atoms with Gasteiger partial charge in [0.05, 0.1) is 22.8 Å². The van der Waals surface area contributed by atoms with E-state index in [4.69, 9.17) is 11.1 Å². The number of nitrogens with zero attached hydrogens (tertiary/aromatic N) is 3. The molecule has 0 radical (unpaired) electrons. The Morgan fingerprint density at radius 1 is 1.21 bits per heavy atom. The Morgan fingerprint density at radius 3 is 2.79 bits per heavy atom. The van der Waals surface area contributed by atoms with E-state index in [1.807, 2.05) is 31.2 Å². The van der Waals surface area contributed by atoms with Gasteiger partial charge < -0.3 is 11.1 Å². The van der Waals surface area contributed by atoms with Crippen molar-refractivity contribution in [3.05, 3.63) is 71.2 Å². The first kappa shape index (κ1) is 18.0. The van der Waals surface area contributed by atoms with Crippen LogP contribution in [0.2, 0.25) is 0 Å². The lowest BCUT2D eigenvalue weighted by molar-refractivity contribution is 0.100. The fraction of sp³-hybridized carbons (Fsp3) is 0.227. The number of aliphatic imine (C=N–C) groups is 1. The predicted octanol–water partition coefficient (Wildman–Crippen LogP) is 3.42. The second-order valence-electron chi connectivity index (χ2n) is 6.98. The Balaban J connectivity index is 1.91. The molecule has 3 heterocycles. The molecular weight excluding hydrogens is 350 g/mol. The average molecular weight is 371 g/mol. The molecule has 6 nitrogen and oxygen atoms in total. The number of aromatic nitrogens is 2. The molecule has 1 unspecified atom stereocenters. The summed E-state index contributed by atoms with van der Waals surface area (Å²) < 4.78 is 0. The maximum atomic E-state index is 11.7. The van der Waals surface area contributed by atoms with Crippen molar-refractivity contribution in [2.75, 3.05) is 6.54 Å². The number of amides is 1. The summed E-state index contributed by atoms with van der Waals surface area (Å²) in [6.45, 7) is 2.69. The SMILES string of the molecule is Cc1cccc(C(=N)C(C2=NCCC2)c2ccnc3ccc(C(N)=O)cc23)n1. The van der Waals surface area contributed by atoms with Crippen molar-refractivity contribution in [2.24, 2.45) is 10.7 Å². The molecule has 0 spiro atoms. The first-order valence-electron chi connectivity index (χ1n) is 9.29. The number of benzene rings is 1. The third-order valence-electron chi connectivity index (χ3n) is 5.06. The summed E-state index contributed by atoms with van der Waals surface area (Å²) in [4.78, 5) is 25.3. The van der Waals surface area contributed by atoms with Crippen LogP contribution in [0, 0.1) is 12.3 Å². The van der Waals surface area contributed by atoms with Crippen molar-refractivity contribution in [1.29, 1.82) is 5.41 Å². The number of aryl methyl sites for hydroxylation is 1. The molecular formula is C22H21N5O. The molecule has 4 rings (SSSR count). The van der Waals surface area contributed by atoms with Gasteiger partial charge in [0.15, 0.2) is 0 Å². The molecule has 3 N–H and O–H groups in total. The van der Waals surface area contributed by atoms with Gasteiger partial charge in [0, 0.05) is 35.1 Å². The number of rotatable bonds is 5. The first-order valence-corrected chi connectivity index (χ1v) is 9.29. The molecule has 1 aliphatic rings. The molecule has 0 bridgehead atoms. The van der Waals surface area contributed by atoms with E-state index in [0.717, 1.165) is 47.3 Å². The summed E-state index contributed by atoms with van der Waals surface area (Å²) in [6.07, 6.45) is 3.56. The number of carbonyl (C=O) groups excluding carboxylic acids is 1. The number of nitrogens with one attached hydrogen (secondary N) is 1. The second-order valence-corrected chi connectivity index (χ2v) is 6.98. The summed E-state index contributed by atoms with van der Waals surface area (Å²) in [5, 5.41) is 9.76. The Morgan fingerprint density at radius 2 is 2.07 bits per heavy atom. The van der Waals surface area contributed by atoms with Crippen molar-refractivity contribution in [3.8, 4) is 0 Å². The number of nitrogens with two attached hydrogens (primary N) is 1. The van der Waals surface area contributed by atoms with Crippen LogP contribution in [0.4, 0.5) is 0 Å². The van der Waals surface area contributed by atoms with Gasteiger partial charge in [-0.3, -0.25) is 19.8 Å². The first-order chi connectivity index (χ1) is 13.5. The highest BCUT2D eigenvalue weighted by atomic mass is 16.1. The van der Waals surface area contributed by atoms with Crippen molar-refractivity contribution >= 4 is 28.2 Å². The third-order valence-corrected chi connectivity index (χ3v) is 5.06. The van der Waals surface area contributed by atoms with Crippen LogP contribution in [0.25, 0.3) is 10.9 Å². The van der Waals surface area contributed by atoms with Crippen LogP contribution in [-0.4, -0.2) is 33.8 Å². The zero-order valence-electron chi connectivity index (χ0n) is 15.6. The minimum atomic E-state index is -0.484. The molecule has 0 saturated carbocycles. The van der Waals surface area contributed by atoms with Crippen LogP contribution in [0.15, 0.2) is 53.7 Å². The third kappa shape index (κ3) is 3.29. The minimum absolute atomic E-state index is 0.328. The molecule has 1 amide bonds. The topological polar surface area (TPSA) is 105 Å². The lowest BCUT2D eigenvalue weighted by atomic mass is 9.84. The highest BCUT2D eigenvalue weighted by Gasteiger charge is 2.28. The van der Waals surface area contributed by atoms with Crippen LogP contribution in [0.5, 0.6) is 0 Å². The lowest BCUT2D eigenvalue weighted by Gasteiger charge is -2.21. The van der Waals surface area contributed by atoms with Gasteiger partial charge >= 0.3 is 0 Å². The standard InChI is InChI=1S/C22H21N5O/c1-13-4-2-5-19(27-13)21(23)20(18-6-3-10-25-18)15-9-11-26-17-8-7-14(22(24)28)12-16(15)17/h2,4-5,7-9,11-12,20,23H,3,6,10H2,1H3,(H2,24,28). The second kappa shape index (κ2) is 7.31. The van der Waals surface area contributed by atoms with Crippen LogP contribution in [0.3, 0.4) is 0 Å². The number of pyridine rings is 2. The fourth-order valence-electron chi connectivity index (χ4n) is 3.71. The quantitative estimate of drug-likeness (QED) is 0.671. The van der Waals surface area contributed by atoms with E-state index in [1.54, 1.807) is 24.4 Å². The van der Waals surface area contributed by atoms with Crippen LogP contribution in [0.1, 0.15) is 46.1 Å². The smallest absolute Gasteiger partial charge is 0.248 e. The van der Waals surface area contributed by atoms with Crippen LogP contribution in [-0.2, 0) is 0 Å². The molecule has 3 aromatic rings. The van der Waals surface area contributed by atoms with Gasteiger partial charge in [-0.1, -0.05) is 6.07 Å². The van der Waals surface area contributed by atoms with Gasteiger partial charge in [-0.05, 0) is 61.7 Å². The maximum Gasteiger partial charge on any atom is 0.248 e. The number of hydrogen-bond donors (Lipinski definition) is 2. The van der Waals surface area contributed by atoms with Gasteiger partial charge in [-0.2, -0.15) is 0 Å². The monoisotopic (exact) mass is 371 g/mol. The summed E-state index contributed by atoms with van der Waals surface area (Å²) in [6, 6.07) is 12.8. The maximum absolute atomic E-state index is 11.7. The lowest BCUT2D eigenvalue weighted by Crippen LogP contribution is -2.23. The summed E-state index contributed by atoms with van der Waals surface area (Å²) in [7, 11) is 0. The minimum Gasteiger partial charge on any atom is -0.366 e. The van der Waals surface area contributed by atoms with E-state index in [0.29, 0.717) is 17.0 Å². The highest BCUT2D eigenvalue weighted by Crippen LogP contribution is 2.32. The molecule has 1 aromatic carbocycles. The van der Waals surface area contributed by atoms with Gasteiger partial charge in [0.25, 0.3) is 0 Å². The number of carbonyl (C=O) groups is 1. The van der Waals surface area contributed by atoms with E-state index in [2.05, 4.69) is 15.0 Å². The van der Waals surface area contributed by atoms with Crippen LogP contribution >= 0.6 is 0 Å². The zero-order chi connectivity index (χ0) is 19.7. The molecule has 0 saturated heterocycles. The fourth-order valence-corrected chi connectivity index (χ4v) is 3.71. The van der Waals surface area contributed by atoms with Gasteiger partial charge in [0.2, 0.25) is 5.91 Å². The highest BCUT2D eigenvalue weighted by molar-refractivity contribution is 6.19. The molecule has 28 heavy (non-hydrogen) atoms. The zero-order valence-corrected chi connectivity index (χ0v) is 15.6. The van der Waals surface area contributed by atoms with E-state index in [9.17, 15) is 4.79 Å². The van der Waals surface area contributed by atoms with E-state index in [-0.39, 0.29) is 5.92 Å². The number of primary amides is 1. The summed E-state index contributed by atoms with van der Waals surface area (Å²) >= 11 is 0. The van der Waals surface area contributed by atoms with Crippen molar-refractivity contribution in [2.45, 2.75) is 25.7 Å². The number of hydrogen-bond acceptors (Lipinski definition) is 5. The summed E-state index contributed by atoms with van der Waals surface area (Å²) in [5.41, 5.74) is 10.5. The molecule has 2 aromatic heterocycles. The molecule has 140 valence electrons. The number of fused-ring (bicyclic) bond motifs is 1. The average Bonchev–Trinajstić information content (AvgIpc) is 3.22. The van der Waals surface area contributed by atoms with Crippen LogP contribution < -0.4 is 5.73 Å². The predicted molar refractivity (Wildman–Crippen MR) is 110 cm³/mol.